The molecule has 3 rings (SSSR count). The number of fused-ring (bicyclic) bond motifs is 1. The Balaban J connectivity index is 1.94. The lowest BCUT2D eigenvalue weighted by Crippen LogP contribution is -2.33. The minimum atomic E-state index is -0.718. The number of aliphatic carboxylic acids is 1. The monoisotopic (exact) mass is 351 g/mol. The average Bonchev–Trinajstić information content (AvgIpc) is 2.70. The fourth-order valence-electron chi connectivity index (χ4n) is 3.20. The van der Waals surface area contributed by atoms with Gasteiger partial charge in [-0.1, -0.05) is 31.7 Å². The molecule has 0 aliphatic heterocycles. The molecule has 112 valence electrons. The average molecular weight is 352 g/mol. The number of benzene rings is 1. The van der Waals surface area contributed by atoms with E-state index in [0.717, 1.165) is 35.7 Å². The normalized spacial score (nSPS) is 18.5. The largest absolute Gasteiger partial charge is 0.481 e. The van der Waals surface area contributed by atoms with Gasteiger partial charge < -0.3 is 9.52 Å². The zero-order valence-corrected chi connectivity index (χ0v) is 13.4. The van der Waals surface area contributed by atoms with E-state index in [0.29, 0.717) is 30.7 Å². The van der Waals surface area contributed by atoms with Crippen LogP contribution in [0.3, 0.4) is 0 Å². The maximum atomic E-state index is 11.8. The summed E-state index contributed by atoms with van der Waals surface area (Å²) in [6.45, 7) is 0. The first-order chi connectivity index (χ1) is 10.1. The van der Waals surface area contributed by atoms with E-state index in [4.69, 9.17) is 4.42 Å². The van der Waals surface area contributed by atoms with Crippen LogP contribution in [0.2, 0.25) is 0 Å². The molecule has 0 unspecified atom stereocenters. The molecule has 1 aliphatic rings. The van der Waals surface area contributed by atoms with Gasteiger partial charge in [-0.2, -0.15) is 0 Å². The number of rotatable bonds is 3. The fraction of sp³-hybridized carbons (Fsp3) is 0.500. The third-order valence-corrected chi connectivity index (χ3v) is 5.04. The van der Waals surface area contributed by atoms with E-state index in [1.165, 1.54) is 0 Å². The Labute approximate surface area is 131 Å². The summed E-state index contributed by atoms with van der Waals surface area (Å²) in [6, 6.07) is 5.68. The first-order valence-corrected chi connectivity index (χ1v) is 8.17. The van der Waals surface area contributed by atoms with Crippen LogP contribution in [0, 0.1) is 5.41 Å². The van der Waals surface area contributed by atoms with Crippen molar-refractivity contribution in [2.24, 2.45) is 5.41 Å². The Morgan fingerprint density at radius 3 is 2.62 bits per heavy atom. The van der Waals surface area contributed by atoms with Crippen molar-refractivity contribution in [3.8, 4) is 0 Å². The summed E-state index contributed by atoms with van der Waals surface area (Å²) < 4.78 is 6.65. The molecule has 1 N–H and O–H groups in total. The van der Waals surface area contributed by atoms with Gasteiger partial charge >= 0.3 is 5.97 Å². The lowest BCUT2D eigenvalue weighted by Gasteiger charge is -2.26. The summed E-state index contributed by atoms with van der Waals surface area (Å²) in [5, 5.41) is 9.73. The van der Waals surface area contributed by atoms with Crippen molar-refractivity contribution in [2.45, 2.75) is 44.9 Å². The minimum Gasteiger partial charge on any atom is -0.481 e. The molecule has 0 radical (unpaired) electrons. The molecule has 21 heavy (non-hydrogen) atoms. The summed E-state index contributed by atoms with van der Waals surface area (Å²) in [4.78, 5) is 16.3. The van der Waals surface area contributed by atoms with Crippen molar-refractivity contribution in [3.63, 3.8) is 0 Å². The highest BCUT2D eigenvalue weighted by Gasteiger charge is 2.40. The molecule has 1 saturated carbocycles. The second-order valence-electron chi connectivity index (χ2n) is 5.87. The lowest BCUT2D eigenvalue weighted by atomic mass is 9.77. The summed E-state index contributed by atoms with van der Waals surface area (Å²) in [5.41, 5.74) is 0.749. The highest BCUT2D eigenvalue weighted by molar-refractivity contribution is 9.10. The fourth-order valence-corrected chi connectivity index (χ4v) is 3.63. The SMILES string of the molecule is O=C(O)C1(Cc2nc3cccc(Br)c3o2)CCCCCC1. The zero-order chi connectivity index (χ0) is 14.9. The van der Waals surface area contributed by atoms with Gasteiger partial charge in [0.25, 0.3) is 0 Å². The minimum absolute atomic E-state index is 0.378. The third kappa shape index (κ3) is 2.84. The van der Waals surface area contributed by atoms with Gasteiger partial charge in [0.05, 0.1) is 9.89 Å². The van der Waals surface area contributed by atoms with Crippen LogP contribution in [0.25, 0.3) is 11.1 Å². The molecule has 4 nitrogen and oxygen atoms in total. The second-order valence-corrected chi connectivity index (χ2v) is 6.73. The Bertz CT molecular complexity index is 657. The summed E-state index contributed by atoms with van der Waals surface area (Å²) in [5.74, 6) is -0.188. The highest BCUT2D eigenvalue weighted by atomic mass is 79.9. The number of halogens is 1. The molecule has 1 aliphatic carbocycles. The number of nitrogens with zero attached hydrogens (tertiary/aromatic N) is 1. The Morgan fingerprint density at radius 2 is 2.00 bits per heavy atom. The lowest BCUT2D eigenvalue weighted by molar-refractivity contribution is -0.150. The van der Waals surface area contributed by atoms with Crippen LogP contribution in [0.4, 0.5) is 0 Å². The maximum Gasteiger partial charge on any atom is 0.310 e. The predicted molar refractivity (Wildman–Crippen MR) is 83.2 cm³/mol. The van der Waals surface area contributed by atoms with Gasteiger partial charge in [0.15, 0.2) is 11.5 Å². The number of para-hydroxylation sites is 1. The Kier molecular flexibility index (Phi) is 4.02. The van der Waals surface area contributed by atoms with Crippen molar-refractivity contribution in [1.82, 2.24) is 4.98 Å². The Morgan fingerprint density at radius 1 is 1.29 bits per heavy atom. The smallest absolute Gasteiger partial charge is 0.310 e. The molecule has 1 fully saturated rings. The summed E-state index contributed by atoms with van der Waals surface area (Å²) >= 11 is 3.44. The molecule has 0 amide bonds. The van der Waals surface area contributed by atoms with Crippen LogP contribution in [-0.2, 0) is 11.2 Å². The number of aromatic nitrogens is 1. The number of hydrogen-bond acceptors (Lipinski definition) is 3. The standard InChI is InChI=1S/C16H18BrNO3/c17-11-6-5-7-12-14(11)21-13(18-12)10-16(15(19)20)8-3-1-2-4-9-16/h5-7H,1-4,8-10H2,(H,19,20). The van der Waals surface area contributed by atoms with E-state index in [-0.39, 0.29) is 0 Å². The predicted octanol–water partition coefficient (Wildman–Crippen LogP) is 4.56. The molecule has 0 atom stereocenters. The number of carboxylic acid groups (broad SMARTS) is 1. The van der Waals surface area contributed by atoms with E-state index in [9.17, 15) is 9.90 Å². The molecule has 5 heteroatoms. The van der Waals surface area contributed by atoms with E-state index in [1.54, 1.807) is 0 Å². The number of carbonyl (C=O) groups is 1. The van der Waals surface area contributed by atoms with Crippen molar-refractivity contribution in [3.05, 3.63) is 28.6 Å². The molecule has 0 saturated heterocycles. The maximum absolute atomic E-state index is 11.8. The van der Waals surface area contributed by atoms with Crippen LogP contribution in [0.1, 0.15) is 44.4 Å². The van der Waals surface area contributed by atoms with Crippen LogP contribution >= 0.6 is 15.9 Å². The van der Waals surface area contributed by atoms with E-state index < -0.39 is 11.4 Å². The highest BCUT2D eigenvalue weighted by Crippen LogP contribution is 2.39. The van der Waals surface area contributed by atoms with Crippen molar-refractivity contribution in [2.75, 3.05) is 0 Å². The number of carboxylic acids is 1. The van der Waals surface area contributed by atoms with Crippen molar-refractivity contribution >= 4 is 33.0 Å². The van der Waals surface area contributed by atoms with E-state index in [1.807, 2.05) is 18.2 Å². The third-order valence-electron chi connectivity index (χ3n) is 4.42. The first kappa shape index (κ1) is 14.6. The molecule has 2 aromatic rings. The topological polar surface area (TPSA) is 63.3 Å². The molecular formula is C16H18BrNO3. The van der Waals surface area contributed by atoms with Crippen LogP contribution in [-0.4, -0.2) is 16.1 Å². The van der Waals surface area contributed by atoms with Crippen LogP contribution < -0.4 is 0 Å². The van der Waals surface area contributed by atoms with Gasteiger partial charge in [-0.25, -0.2) is 4.98 Å². The molecule has 1 aromatic carbocycles. The second kappa shape index (κ2) is 5.79. The van der Waals surface area contributed by atoms with Gasteiger partial charge in [0, 0.05) is 6.42 Å². The van der Waals surface area contributed by atoms with Gasteiger partial charge in [-0.3, -0.25) is 4.79 Å². The summed E-state index contributed by atoms with van der Waals surface area (Å²) in [7, 11) is 0. The molecule has 0 spiro atoms. The van der Waals surface area contributed by atoms with E-state index in [2.05, 4.69) is 20.9 Å². The van der Waals surface area contributed by atoms with Crippen LogP contribution in [0.15, 0.2) is 27.1 Å². The summed E-state index contributed by atoms with van der Waals surface area (Å²) in [6.07, 6.45) is 5.97. The number of oxazole rings is 1. The Hall–Kier alpha value is -1.36. The van der Waals surface area contributed by atoms with Crippen molar-refractivity contribution < 1.29 is 14.3 Å². The quantitative estimate of drug-likeness (QED) is 0.823. The van der Waals surface area contributed by atoms with Gasteiger partial charge in [0.2, 0.25) is 0 Å². The molecule has 1 heterocycles. The molecule has 0 bridgehead atoms. The van der Waals surface area contributed by atoms with Crippen LogP contribution in [0.5, 0.6) is 0 Å². The van der Waals surface area contributed by atoms with Gasteiger partial charge in [-0.15, -0.1) is 0 Å². The molecule has 1 aromatic heterocycles. The van der Waals surface area contributed by atoms with Gasteiger partial charge in [0.1, 0.15) is 5.52 Å². The number of hydrogen-bond donors (Lipinski definition) is 1. The van der Waals surface area contributed by atoms with Gasteiger partial charge in [-0.05, 0) is 40.9 Å². The zero-order valence-electron chi connectivity index (χ0n) is 11.8. The van der Waals surface area contributed by atoms with E-state index >= 15 is 0 Å². The first-order valence-electron chi connectivity index (χ1n) is 7.38. The van der Waals surface area contributed by atoms with Crippen molar-refractivity contribution in [1.29, 1.82) is 0 Å². The molecular weight excluding hydrogens is 334 g/mol.